The summed E-state index contributed by atoms with van der Waals surface area (Å²) in [5, 5.41) is 4.35. The van der Waals surface area contributed by atoms with Crippen molar-refractivity contribution in [2.45, 2.75) is 32.6 Å². The molecule has 4 rings (SSSR count). The summed E-state index contributed by atoms with van der Waals surface area (Å²) >= 11 is 6.71. The molecule has 0 saturated carbocycles. The number of anilines is 2. The molecule has 4 aromatic rings. The molecular weight excluding hydrogens is 420 g/mol. The monoisotopic (exact) mass is 450 g/mol. The number of nitrogens with one attached hydrogen (secondary N) is 1. The fourth-order valence-electron chi connectivity index (χ4n) is 4.22. The SMILES string of the molecule is Cc1cccc(Cl)c1-c1c(NCCCCCCN(C)C)ccc2c1nc(N)c1cncn12. The zero-order valence-corrected chi connectivity index (χ0v) is 19.8. The average Bonchev–Trinajstić information content (AvgIpc) is 3.24. The zero-order chi connectivity index (χ0) is 22.7. The van der Waals surface area contributed by atoms with Gasteiger partial charge in [0.15, 0.2) is 0 Å². The maximum Gasteiger partial charge on any atom is 0.150 e. The first-order chi connectivity index (χ1) is 15.5. The number of unbranched alkanes of at least 4 members (excludes halogenated alkanes) is 3. The number of fused-ring (bicyclic) bond motifs is 3. The first-order valence-electron chi connectivity index (χ1n) is 11.2. The van der Waals surface area contributed by atoms with Crippen LogP contribution in [-0.4, -0.2) is 46.5 Å². The van der Waals surface area contributed by atoms with Crippen molar-refractivity contribution in [1.29, 1.82) is 0 Å². The summed E-state index contributed by atoms with van der Waals surface area (Å²) in [6, 6.07) is 10.2. The lowest BCUT2D eigenvalue weighted by Gasteiger charge is -2.18. The second kappa shape index (κ2) is 9.76. The van der Waals surface area contributed by atoms with E-state index in [1.165, 1.54) is 19.3 Å². The highest BCUT2D eigenvalue weighted by atomic mass is 35.5. The molecular formula is C25H31ClN6. The van der Waals surface area contributed by atoms with Gasteiger partial charge in [0.05, 0.1) is 23.6 Å². The normalized spacial score (nSPS) is 11.7. The largest absolute Gasteiger partial charge is 0.384 e. The minimum Gasteiger partial charge on any atom is -0.384 e. The van der Waals surface area contributed by atoms with Crippen molar-refractivity contribution in [1.82, 2.24) is 19.3 Å². The van der Waals surface area contributed by atoms with E-state index in [-0.39, 0.29) is 0 Å². The van der Waals surface area contributed by atoms with Crippen molar-refractivity contribution >= 4 is 39.7 Å². The van der Waals surface area contributed by atoms with Gasteiger partial charge < -0.3 is 16.0 Å². The van der Waals surface area contributed by atoms with E-state index in [2.05, 4.69) is 54.4 Å². The van der Waals surface area contributed by atoms with Crippen LogP contribution in [0.4, 0.5) is 11.5 Å². The fourth-order valence-corrected chi connectivity index (χ4v) is 4.54. The molecule has 32 heavy (non-hydrogen) atoms. The van der Waals surface area contributed by atoms with Crippen LogP contribution in [-0.2, 0) is 0 Å². The quantitative estimate of drug-likeness (QED) is 0.323. The predicted molar refractivity (Wildman–Crippen MR) is 136 cm³/mol. The van der Waals surface area contributed by atoms with Gasteiger partial charge in [-0.1, -0.05) is 36.6 Å². The Bertz CT molecular complexity index is 1210. The van der Waals surface area contributed by atoms with E-state index >= 15 is 0 Å². The van der Waals surface area contributed by atoms with Crippen LogP contribution in [0.3, 0.4) is 0 Å². The highest BCUT2D eigenvalue weighted by Crippen LogP contribution is 2.41. The number of aryl methyl sites for hydroxylation is 1. The Balaban J connectivity index is 1.70. The van der Waals surface area contributed by atoms with Gasteiger partial charge >= 0.3 is 0 Å². The van der Waals surface area contributed by atoms with Gasteiger partial charge in [0, 0.05) is 28.4 Å². The van der Waals surface area contributed by atoms with E-state index in [1.807, 2.05) is 16.5 Å². The van der Waals surface area contributed by atoms with E-state index < -0.39 is 0 Å². The third-order valence-electron chi connectivity index (χ3n) is 5.87. The summed E-state index contributed by atoms with van der Waals surface area (Å²) in [7, 11) is 4.25. The first-order valence-corrected chi connectivity index (χ1v) is 11.5. The molecule has 0 radical (unpaired) electrons. The lowest BCUT2D eigenvalue weighted by Crippen LogP contribution is -2.12. The van der Waals surface area contributed by atoms with Crippen molar-refractivity contribution in [3.8, 4) is 11.1 Å². The second-order valence-electron chi connectivity index (χ2n) is 8.58. The highest BCUT2D eigenvalue weighted by molar-refractivity contribution is 6.34. The number of hydrogen-bond acceptors (Lipinski definition) is 5. The Labute approximate surface area is 194 Å². The van der Waals surface area contributed by atoms with Gasteiger partial charge in [0.1, 0.15) is 11.3 Å². The van der Waals surface area contributed by atoms with E-state index in [0.717, 1.165) is 58.4 Å². The van der Waals surface area contributed by atoms with E-state index in [1.54, 1.807) is 12.5 Å². The fraction of sp³-hybridized carbons (Fsp3) is 0.360. The van der Waals surface area contributed by atoms with Crippen LogP contribution >= 0.6 is 11.6 Å². The molecule has 0 unspecified atom stereocenters. The van der Waals surface area contributed by atoms with Crippen molar-refractivity contribution < 1.29 is 0 Å². The zero-order valence-electron chi connectivity index (χ0n) is 19.0. The molecule has 0 aliphatic heterocycles. The smallest absolute Gasteiger partial charge is 0.150 e. The Morgan fingerprint density at radius 3 is 2.62 bits per heavy atom. The summed E-state index contributed by atoms with van der Waals surface area (Å²) in [6.07, 6.45) is 8.31. The summed E-state index contributed by atoms with van der Waals surface area (Å²) in [5.41, 5.74) is 13.0. The number of nitrogens with two attached hydrogens (primary N) is 1. The molecule has 3 N–H and O–H groups in total. The van der Waals surface area contributed by atoms with Crippen LogP contribution in [0.1, 0.15) is 31.2 Å². The Kier molecular flexibility index (Phi) is 6.82. The summed E-state index contributed by atoms with van der Waals surface area (Å²) in [5.74, 6) is 0.457. The predicted octanol–water partition coefficient (Wildman–Crippen LogP) is 5.63. The third kappa shape index (κ3) is 4.52. The lowest BCUT2D eigenvalue weighted by atomic mass is 9.96. The maximum atomic E-state index is 6.71. The highest BCUT2D eigenvalue weighted by Gasteiger charge is 2.19. The van der Waals surface area contributed by atoms with Crippen LogP contribution in [0.25, 0.3) is 27.7 Å². The van der Waals surface area contributed by atoms with Crippen LogP contribution in [0.5, 0.6) is 0 Å². The molecule has 2 aromatic carbocycles. The standard InChI is InChI=1S/C25H31ClN6/c1-17-9-8-10-18(26)22(17)23-19(29-13-6-4-5-7-14-31(2)3)11-12-20-24(23)30-25(27)21-15-28-16-32(20)21/h8-12,15-16,29H,4-7,13-14H2,1-3H3,(H2,27,30). The number of halogens is 1. The molecule has 0 bridgehead atoms. The molecule has 2 aromatic heterocycles. The van der Waals surface area contributed by atoms with Gasteiger partial charge in [-0.25, -0.2) is 9.97 Å². The third-order valence-corrected chi connectivity index (χ3v) is 6.18. The van der Waals surface area contributed by atoms with E-state index in [4.69, 9.17) is 22.3 Å². The minimum absolute atomic E-state index is 0.457. The van der Waals surface area contributed by atoms with Crippen molar-refractivity contribution in [2.75, 3.05) is 38.2 Å². The number of nitrogens with zero attached hydrogens (tertiary/aromatic N) is 4. The Hall–Kier alpha value is -2.83. The molecule has 0 aliphatic rings. The van der Waals surface area contributed by atoms with Gasteiger partial charge in [-0.2, -0.15) is 0 Å². The number of hydrogen-bond donors (Lipinski definition) is 2. The molecule has 168 valence electrons. The molecule has 0 aliphatic carbocycles. The topological polar surface area (TPSA) is 71.5 Å². The van der Waals surface area contributed by atoms with Gasteiger partial charge in [-0.05, 0) is 64.2 Å². The maximum absolute atomic E-state index is 6.71. The van der Waals surface area contributed by atoms with E-state index in [0.29, 0.717) is 10.8 Å². The van der Waals surface area contributed by atoms with Crippen LogP contribution in [0, 0.1) is 6.92 Å². The van der Waals surface area contributed by atoms with Crippen LogP contribution < -0.4 is 11.1 Å². The molecule has 0 fully saturated rings. The number of imidazole rings is 1. The molecule has 0 atom stereocenters. The van der Waals surface area contributed by atoms with Gasteiger partial charge in [-0.3, -0.25) is 4.40 Å². The van der Waals surface area contributed by atoms with Crippen molar-refractivity contribution in [3.63, 3.8) is 0 Å². The number of aromatic nitrogens is 3. The summed E-state index contributed by atoms with van der Waals surface area (Å²) in [6.45, 7) is 4.12. The summed E-state index contributed by atoms with van der Waals surface area (Å²) < 4.78 is 1.99. The summed E-state index contributed by atoms with van der Waals surface area (Å²) in [4.78, 5) is 11.3. The van der Waals surface area contributed by atoms with Gasteiger partial charge in [0.25, 0.3) is 0 Å². The number of nitrogen functional groups attached to an aromatic ring is 1. The van der Waals surface area contributed by atoms with Crippen molar-refractivity contribution in [3.05, 3.63) is 53.4 Å². The van der Waals surface area contributed by atoms with Gasteiger partial charge in [-0.15, -0.1) is 0 Å². The first kappa shape index (κ1) is 22.4. The second-order valence-corrected chi connectivity index (χ2v) is 8.98. The van der Waals surface area contributed by atoms with Gasteiger partial charge in [0.2, 0.25) is 0 Å². The molecule has 2 heterocycles. The molecule has 0 spiro atoms. The van der Waals surface area contributed by atoms with E-state index in [9.17, 15) is 0 Å². The minimum atomic E-state index is 0.457. The Morgan fingerprint density at radius 1 is 1.03 bits per heavy atom. The van der Waals surface area contributed by atoms with Crippen molar-refractivity contribution in [2.24, 2.45) is 0 Å². The molecule has 6 nitrogen and oxygen atoms in total. The molecule has 7 heteroatoms. The Morgan fingerprint density at radius 2 is 1.84 bits per heavy atom. The lowest BCUT2D eigenvalue weighted by molar-refractivity contribution is 0.391. The average molecular weight is 451 g/mol. The molecule has 0 saturated heterocycles. The van der Waals surface area contributed by atoms with Crippen LogP contribution in [0.15, 0.2) is 42.9 Å². The van der Waals surface area contributed by atoms with Crippen LogP contribution in [0.2, 0.25) is 5.02 Å². The number of rotatable bonds is 9. The number of benzene rings is 2. The molecule has 0 amide bonds.